The van der Waals surface area contributed by atoms with Gasteiger partial charge in [0.25, 0.3) is 0 Å². The van der Waals surface area contributed by atoms with Crippen molar-refractivity contribution in [1.29, 1.82) is 0 Å². The Hall–Kier alpha value is -1.49. The quantitative estimate of drug-likeness (QED) is 0.375. The molecule has 29 heavy (non-hydrogen) atoms. The molecule has 0 radical (unpaired) electrons. The molecule has 0 fully saturated rings. The second kappa shape index (κ2) is 8.71. The summed E-state index contributed by atoms with van der Waals surface area (Å²) in [4.78, 5) is 19.5. The van der Waals surface area contributed by atoms with Crippen LogP contribution < -0.4 is 5.73 Å². The molecule has 5 N–H and O–H groups in total. The van der Waals surface area contributed by atoms with Gasteiger partial charge in [0, 0.05) is 15.4 Å². The van der Waals surface area contributed by atoms with Gasteiger partial charge in [0.1, 0.15) is 15.8 Å². The number of halogens is 1. The van der Waals surface area contributed by atoms with E-state index in [1.165, 1.54) is 11.8 Å². The Labute approximate surface area is 180 Å². The number of rotatable bonds is 7. The zero-order valence-electron chi connectivity index (χ0n) is 15.0. The number of benzene rings is 2. The lowest BCUT2D eigenvalue weighted by molar-refractivity contribution is 0.158. The Kier molecular flexibility index (Phi) is 6.67. The number of phosphoric acid groups is 1. The number of phosphoric ester groups is 1. The van der Waals surface area contributed by atoms with Crippen molar-refractivity contribution >= 4 is 42.5 Å². The summed E-state index contributed by atoms with van der Waals surface area (Å²) in [5.41, 5.74) is 5.51. The van der Waals surface area contributed by atoms with E-state index in [4.69, 9.17) is 27.1 Å². The van der Waals surface area contributed by atoms with Gasteiger partial charge in [-0.2, -0.15) is 0 Å². The van der Waals surface area contributed by atoms with E-state index < -0.39 is 20.0 Å². The van der Waals surface area contributed by atoms with Crippen molar-refractivity contribution in [3.8, 4) is 16.3 Å². The third kappa shape index (κ3) is 6.00. The van der Waals surface area contributed by atoms with Crippen LogP contribution in [0.4, 0.5) is 0 Å². The number of hydrogen-bond donors (Lipinski definition) is 4. The highest BCUT2D eigenvalue weighted by atomic mass is 35.5. The van der Waals surface area contributed by atoms with Crippen molar-refractivity contribution in [3.63, 3.8) is 0 Å². The Bertz CT molecular complexity index is 1070. The second-order valence-corrected chi connectivity index (χ2v) is 10.1. The van der Waals surface area contributed by atoms with Crippen LogP contribution in [0.15, 0.2) is 52.3 Å². The van der Waals surface area contributed by atoms with Crippen LogP contribution in [0.2, 0.25) is 5.02 Å². The molecule has 12 heteroatoms. The smallest absolute Gasteiger partial charge is 0.469 e. The average molecular weight is 474 g/mol. The highest BCUT2D eigenvalue weighted by Gasteiger charge is 2.30. The van der Waals surface area contributed by atoms with Crippen LogP contribution in [0.25, 0.3) is 10.6 Å². The molecule has 3 aromatic rings. The maximum Gasteiger partial charge on any atom is 0.469 e. The molecular weight excluding hydrogens is 457 g/mol. The van der Waals surface area contributed by atoms with E-state index in [0.717, 1.165) is 21.1 Å². The first-order valence-corrected chi connectivity index (χ1v) is 11.7. The topological polar surface area (TPSA) is 139 Å². The molecule has 8 nitrogen and oxygen atoms in total. The van der Waals surface area contributed by atoms with E-state index in [9.17, 15) is 9.67 Å². The van der Waals surface area contributed by atoms with Gasteiger partial charge in [0.15, 0.2) is 0 Å². The van der Waals surface area contributed by atoms with Crippen molar-refractivity contribution in [2.75, 3.05) is 6.61 Å². The molecule has 1 atom stereocenters. The summed E-state index contributed by atoms with van der Waals surface area (Å²) < 4.78 is 15.4. The van der Waals surface area contributed by atoms with Crippen LogP contribution >= 0.6 is 42.5 Å². The van der Waals surface area contributed by atoms with E-state index in [2.05, 4.69) is 14.7 Å². The Morgan fingerprint density at radius 1 is 1.24 bits per heavy atom. The molecule has 0 saturated carbocycles. The van der Waals surface area contributed by atoms with E-state index in [-0.39, 0.29) is 5.75 Å². The minimum absolute atomic E-state index is 0.187. The van der Waals surface area contributed by atoms with Gasteiger partial charge in [0.2, 0.25) is 0 Å². The molecule has 0 aliphatic heterocycles. The number of phenolic OH excluding ortho intramolecular Hbond substituents is 1. The van der Waals surface area contributed by atoms with Gasteiger partial charge in [0.05, 0.1) is 17.2 Å². The molecule has 0 bridgehead atoms. The molecule has 1 heterocycles. The molecule has 0 aliphatic carbocycles. The van der Waals surface area contributed by atoms with Crippen LogP contribution in [-0.2, 0) is 14.6 Å². The van der Waals surface area contributed by atoms with Crippen LogP contribution in [0, 0.1) is 0 Å². The Balaban J connectivity index is 1.78. The molecule has 1 aromatic heterocycles. The van der Waals surface area contributed by atoms with Crippen molar-refractivity contribution in [3.05, 3.63) is 52.5 Å². The second-order valence-electron chi connectivity index (χ2n) is 6.33. The third-order valence-corrected chi connectivity index (χ3v) is 6.66. The zero-order valence-corrected chi connectivity index (χ0v) is 18.3. The number of nitrogens with zero attached hydrogens (tertiary/aromatic N) is 2. The molecule has 154 valence electrons. The molecule has 0 amide bonds. The van der Waals surface area contributed by atoms with Gasteiger partial charge in [-0.05, 0) is 43.3 Å². The number of aromatic hydroxyl groups is 1. The summed E-state index contributed by atoms with van der Waals surface area (Å²) in [5.74, 6) is 0.187. The normalized spacial score (nSPS) is 14.0. The van der Waals surface area contributed by atoms with E-state index in [0.29, 0.717) is 20.6 Å². The van der Waals surface area contributed by atoms with Crippen molar-refractivity contribution in [1.82, 2.24) is 10.2 Å². The minimum atomic E-state index is -4.64. The molecule has 0 unspecified atom stereocenters. The summed E-state index contributed by atoms with van der Waals surface area (Å²) in [6.07, 6.45) is 0. The van der Waals surface area contributed by atoms with Crippen LogP contribution in [0.1, 0.15) is 11.9 Å². The maximum atomic E-state index is 10.9. The number of aromatic nitrogens is 2. The minimum Gasteiger partial charge on any atom is -0.508 e. The van der Waals surface area contributed by atoms with E-state index in [1.54, 1.807) is 37.3 Å². The highest BCUT2D eigenvalue weighted by Crippen LogP contribution is 2.40. The van der Waals surface area contributed by atoms with Crippen LogP contribution in [0.3, 0.4) is 0 Å². The molecule has 0 saturated heterocycles. The molecule has 0 aliphatic rings. The third-order valence-electron chi connectivity index (χ3n) is 3.67. The fourth-order valence-corrected chi connectivity index (χ4v) is 4.92. The van der Waals surface area contributed by atoms with Crippen molar-refractivity contribution < 1.29 is 24.0 Å². The van der Waals surface area contributed by atoms with E-state index >= 15 is 0 Å². The summed E-state index contributed by atoms with van der Waals surface area (Å²) in [6.45, 7) is 1.13. The van der Waals surface area contributed by atoms with Gasteiger partial charge >= 0.3 is 7.82 Å². The SMILES string of the molecule is C[C@](N)(COP(=O)(O)O)c1nnc(-c2ccc(Sc3cccc(O)c3)cc2Cl)s1. The predicted octanol–water partition coefficient (Wildman–Crippen LogP) is 4.00. The lowest BCUT2D eigenvalue weighted by Gasteiger charge is -2.21. The fourth-order valence-electron chi connectivity index (χ4n) is 2.26. The van der Waals surface area contributed by atoms with Crippen LogP contribution in [0.5, 0.6) is 5.75 Å². The monoisotopic (exact) mass is 473 g/mol. The summed E-state index contributed by atoms with van der Waals surface area (Å²) in [6, 6.07) is 12.4. The summed E-state index contributed by atoms with van der Waals surface area (Å²) in [5, 5.41) is 19.0. The van der Waals surface area contributed by atoms with Gasteiger partial charge in [-0.15, -0.1) is 10.2 Å². The zero-order chi connectivity index (χ0) is 21.2. The number of hydrogen-bond acceptors (Lipinski definition) is 8. The molecular formula is C17H17ClN3O5PS2. The fraction of sp³-hybridized carbons (Fsp3) is 0.176. The lowest BCUT2D eigenvalue weighted by atomic mass is 10.1. The molecule has 2 aromatic carbocycles. The molecule has 0 spiro atoms. The maximum absolute atomic E-state index is 10.9. The first-order valence-electron chi connectivity index (χ1n) is 8.13. The Morgan fingerprint density at radius 3 is 2.62 bits per heavy atom. The van der Waals surface area contributed by atoms with Gasteiger partial charge in [-0.3, -0.25) is 4.52 Å². The lowest BCUT2D eigenvalue weighted by Crippen LogP contribution is -2.37. The summed E-state index contributed by atoms with van der Waals surface area (Å²) >= 11 is 9.04. The highest BCUT2D eigenvalue weighted by molar-refractivity contribution is 7.99. The number of nitrogens with two attached hydrogens (primary N) is 1. The predicted molar refractivity (Wildman–Crippen MR) is 112 cm³/mol. The van der Waals surface area contributed by atoms with Gasteiger partial charge in [-0.25, -0.2) is 4.57 Å². The van der Waals surface area contributed by atoms with Gasteiger partial charge in [-0.1, -0.05) is 40.8 Å². The Morgan fingerprint density at radius 2 is 1.97 bits per heavy atom. The summed E-state index contributed by atoms with van der Waals surface area (Å²) in [7, 11) is -4.64. The first kappa shape index (κ1) is 22.2. The van der Waals surface area contributed by atoms with Gasteiger partial charge < -0.3 is 20.6 Å². The first-order chi connectivity index (χ1) is 13.5. The van der Waals surface area contributed by atoms with E-state index in [1.807, 2.05) is 12.1 Å². The van der Waals surface area contributed by atoms with Crippen molar-refractivity contribution in [2.24, 2.45) is 5.73 Å². The number of phenols is 1. The van der Waals surface area contributed by atoms with Crippen molar-refractivity contribution in [2.45, 2.75) is 22.3 Å². The molecule has 3 rings (SSSR count). The average Bonchev–Trinajstić information content (AvgIpc) is 3.10. The standard InChI is InChI=1S/C17H17ClN3O5PS2/c1-17(19,9-26-27(23,24)25)16-21-20-15(29-16)13-6-5-12(8-14(13)18)28-11-4-2-3-10(22)7-11/h2-8,22H,9,19H2,1H3,(H2,23,24,25)/t17-/m0/s1. The van der Waals surface area contributed by atoms with Crippen LogP contribution in [-0.4, -0.2) is 31.7 Å². The largest absolute Gasteiger partial charge is 0.508 e.